The van der Waals surface area contributed by atoms with E-state index < -0.39 is 53.5 Å². The molecule has 3 N–H and O–H groups in total. The lowest BCUT2D eigenvalue weighted by Crippen LogP contribution is -2.92. The minimum absolute atomic E-state index is 0.0397. The van der Waals surface area contributed by atoms with Gasteiger partial charge < -0.3 is 24.6 Å². The van der Waals surface area contributed by atoms with Crippen molar-refractivity contribution in [3.63, 3.8) is 0 Å². The smallest absolute Gasteiger partial charge is 0.306 e. The van der Waals surface area contributed by atoms with Crippen LogP contribution in [0, 0.1) is 17.3 Å². The van der Waals surface area contributed by atoms with Gasteiger partial charge in [-0.2, -0.15) is 0 Å². The Labute approximate surface area is 201 Å². The highest BCUT2D eigenvalue weighted by Crippen LogP contribution is 2.55. The molecule has 5 aliphatic rings. The Hall–Kier alpha value is -2.16. The normalized spacial score (nSPS) is 41.9. The number of carbonyl (C=O) groups is 3. The summed E-state index contributed by atoms with van der Waals surface area (Å²) in [7, 11) is 0. The summed E-state index contributed by atoms with van der Waals surface area (Å²) in [6.45, 7) is 14.7. The Morgan fingerprint density at radius 1 is 1.15 bits per heavy atom. The largest absolute Gasteiger partial charge is 0.548 e. The molecule has 5 aliphatic heterocycles. The van der Waals surface area contributed by atoms with Crippen LogP contribution in [-0.4, -0.2) is 68.6 Å². The van der Waals surface area contributed by atoms with Crippen LogP contribution in [0.3, 0.4) is 0 Å². The molecule has 0 aliphatic carbocycles. The van der Waals surface area contributed by atoms with E-state index in [1.54, 1.807) is 6.92 Å². The third kappa shape index (κ3) is 3.80. The molecule has 4 saturated heterocycles. The quantitative estimate of drug-likeness (QED) is 0.338. The van der Waals surface area contributed by atoms with Gasteiger partial charge in [-0.1, -0.05) is 0 Å². The molecule has 0 aromatic heterocycles. The van der Waals surface area contributed by atoms with Crippen LogP contribution in [0.4, 0.5) is 0 Å². The molecule has 9 nitrogen and oxygen atoms in total. The molecule has 1 amide bonds. The fourth-order valence-electron chi connectivity index (χ4n) is 6.56. The van der Waals surface area contributed by atoms with Crippen LogP contribution in [0.5, 0.6) is 0 Å². The minimum atomic E-state index is -1.38. The van der Waals surface area contributed by atoms with Crippen molar-refractivity contribution in [2.75, 3.05) is 0 Å². The number of carboxylic acid groups (broad SMARTS) is 1. The van der Waals surface area contributed by atoms with Gasteiger partial charge >= 0.3 is 5.97 Å². The number of esters is 1. The van der Waals surface area contributed by atoms with Gasteiger partial charge in [0.1, 0.15) is 5.60 Å². The number of ether oxygens (including phenoxy) is 1. The Morgan fingerprint density at radius 3 is 2.35 bits per heavy atom. The van der Waals surface area contributed by atoms with Crippen molar-refractivity contribution in [3.05, 3.63) is 0 Å². The first-order valence-corrected chi connectivity index (χ1v) is 12.4. The number of carbonyl (C=O) groups excluding carboxylic acids is 3. The van der Waals surface area contributed by atoms with E-state index in [9.17, 15) is 24.6 Å². The van der Waals surface area contributed by atoms with Gasteiger partial charge in [0.2, 0.25) is 11.7 Å². The third-order valence-corrected chi connectivity index (χ3v) is 8.80. The number of β-lactam (4-membered cyclic amide) rings is 1. The zero-order valence-corrected chi connectivity index (χ0v) is 21.4. The third-order valence-electron chi connectivity index (χ3n) is 8.80. The van der Waals surface area contributed by atoms with Gasteiger partial charge in [-0.15, -0.1) is 0 Å². The molecule has 0 radical (unpaired) electrons. The minimum Gasteiger partial charge on any atom is -0.548 e. The lowest BCUT2D eigenvalue weighted by molar-refractivity contribution is -0.559. The first kappa shape index (κ1) is 24.9. The summed E-state index contributed by atoms with van der Waals surface area (Å²) in [5.41, 5.74) is -0.146. The Morgan fingerprint density at radius 2 is 1.76 bits per heavy atom. The van der Waals surface area contributed by atoms with Crippen LogP contribution in [0.15, 0.2) is 0 Å². The number of rotatable bonds is 2. The van der Waals surface area contributed by atoms with Gasteiger partial charge in [0.15, 0.2) is 0 Å². The number of aliphatic hydroxyl groups is 1. The van der Waals surface area contributed by atoms with Crippen LogP contribution < -0.4 is 15.4 Å². The Kier molecular flexibility index (Phi) is 5.63. The van der Waals surface area contributed by atoms with E-state index in [-0.39, 0.29) is 17.5 Å². The number of hydrogen-bond donors (Lipinski definition) is 3. The van der Waals surface area contributed by atoms with Crippen LogP contribution in [0.2, 0.25) is 0 Å². The molecule has 1 unspecified atom stereocenters. The van der Waals surface area contributed by atoms with Crippen LogP contribution in [0.1, 0.15) is 80.6 Å². The van der Waals surface area contributed by atoms with Crippen LogP contribution in [-0.2, 0) is 19.1 Å². The highest BCUT2D eigenvalue weighted by molar-refractivity contribution is 5.94. The van der Waals surface area contributed by atoms with Crippen LogP contribution in [0.25, 0.3) is 0 Å². The first-order chi connectivity index (χ1) is 15.5. The predicted octanol–water partition coefficient (Wildman–Crippen LogP) is -1.15. The van der Waals surface area contributed by atoms with E-state index in [1.165, 1.54) is 43.3 Å². The van der Waals surface area contributed by atoms with E-state index in [0.717, 1.165) is 0 Å². The van der Waals surface area contributed by atoms with Gasteiger partial charge in [-0.3, -0.25) is 19.9 Å². The lowest BCUT2D eigenvalue weighted by atomic mass is 9.69. The maximum atomic E-state index is 12.0. The van der Waals surface area contributed by atoms with Crippen molar-refractivity contribution in [2.45, 2.75) is 115 Å². The van der Waals surface area contributed by atoms with Crippen molar-refractivity contribution < 1.29 is 34.3 Å². The fourth-order valence-corrected chi connectivity index (χ4v) is 6.56. The Balaban J connectivity index is 0.000000166. The molecule has 9 heteroatoms. The fraction of sp³-hybridized carbons (Fsp3) is 0.840. The predicted molar refractivity (Wildman–Crippen MR) is 121 cm³/mol. The zero-order chi connectivity index (χ0) is 25.4. The molecule has 0 bridgehead atoms. The van der Waals surface area contributed by atoms with E-state index in [2.05, 4.69) is 44.9 Å². The highest BCUT2D eigenvalue weighted by atomic mass is 16.6. The first-order valence-electron chi connectivity index (χ1n) is 12.4. The monoisotopic (exact) mass is 477 g/mol. The number of carboxylic acids is 1. The van der Waals surface area contributed by atoms with Gasteiger partial charge in [0.05, 0.1) is 53.0 Å². The second kappa shape index (κ2) is 7.67. The summed E-state index contributed by atoms with van der Waals surface area (Å²) >= 11 is 0. The molecular weight excluding hydrogens is 438 g/mol. The summed E-state index contributed by atoms with van der Waals surface area (Å²) < 4.78 is 5.28. The zero-order valence-electron chi connectivity index (χ0n) is 21.4. The van der Waals surface area contributed by atoms with E-state index in [1.807, 2.05) is 0 Å². The molecule has 5 rings (SSSR count). The van der Waals surface area contributed by atoms with E-state index in [4.69, 9.17) is 4.74 Å². The molecule has 0 saturated carbocycles. The number of nitrogens with zero attached hydrogens (tertiary/aromatic N) is 1. The van der Waals surface area contributed by atoms with Crippen molar-refractivity contribution in [3.8, 4) is 0 Å². The van der Waals surface area contributed by atoms with Gasteiger partial charge in [0.25, 0.3) is 0 Å². The van der Waals surface area contributed by atoms with Crippen LogP contribution >= 0.6 is 0 Å². The summed E-state index contributed by atoms with van der Waals surface area (Å²) in [6, 6.07) is -1.73. The average Bonchev–Trinajstić information content (AvgIpc) is 3.08. The van der Waals surface area contributed by atoms with Gasteiger partial charge in [-0.25, -0.2) is 0 Å². The maximum absolute atomic E-state index is 12.0. The lowest BCUT2D eigenvalue weighted by Gasteiger charge is -2.50. The van der Waals surface area contributed by atoms with Gasteiger partial charge in [0, 0.05) is 5.92 Å². The maximum Gasteiger partial charge on any atom is 0.306 e. The van der Waals surface area contributed by atoms with Crippen molar-refractivity contribution in [2.24, 2.45) is 17.3 Å². The second-order valence-corrected chi connectivity index (χ2v) is 12.6. The van der Waals surface area contributed by atoms with Crippen molar-refractivity contribution in [1.82, 2.24) is 10.2 Å². The molecule has 34 heavy (non-hydrogen) atoms. The average molecular weight is 478 g/mol. The summed E-state index contributed by atoms with van der Waals surface area (Å²) in [5.74, 6) is -2.21. The molecule has 4 fully saturated rings. The number of hydrogen-bond acceptors (Lipinski definition) is 7. The van der Waals surface area contributed by atoms with Gasteiger partial charge in [-0.05, 0) is 74.1 Å². The summed E-state index contributed by atoms with van der Waals surface area (Å²) in [6.07, 6.45) is 4.22. The number of nitrogens with one attached hydrogen (secondary N) is 2. The second-order valence-electron chi connectivity index (χ2n) is 12.6. The number of piperidine rings is 1. The number of aliphatic carboxylic acids is 1. The Bertz CT molecular complexity index is 943. The SMILES string of the molecule is CC1(C)CCC2(C)CCC(C)(C)[NH+]=C2N1.C[C@@H](O)[C@H]1C(=O)N2[C@@H]1[C@]1(C)OC(=O)C[C@@H]1[C@@H]2C(=O)[O-]. The standard InChI is InChI=1S/C13H24N2.C12H15NO6/c1-11(2)6-8-13(5)9-7-12(3,4)15-10(13)14-11;1-4(14)7-9-12(2)5(3-6(15)19-12)8(11(17)18)13(9)10(7)16/h6-9H2,1-5H3,(H,14,15);4-5,7-9,14H,3H2,1-2H3,(H,17,18)/t;4-,5-,7-,8-,9+,12-/m.1/s1. The molecular formula is C25H39N3O6. The van der Waals surface area contributed by atoms with E-state index in [0.29, 0.717) is 5.41 Å². The molecule has 0 aromatic carbocycles. The summed E-state index contributed by atoms with van der Waals surface area (Å²) in [5, 5.41) is 24.6. The van der Waals surface area contributed by atoms with Crippen molar-refractivity contribution in [1.29, 1.82) is 0 Å². The molecule has 0 spiro atoms. The topological polar surface area (TPSA) is 133 Å². The highest BCUT2D eigenvalue weighted by Gasteiger charge is 2.73. The molecule has 5 heterocycles. The number of amides is 1. The number of amidine groups is 1. The molecule has 0 aromatic rings. The number of aliphatic hydroxyl groups excluding tert-OH is 1. The molecule has 7 atom stereocenters. The van der Waals surface area contributed by atoms with E-state index >= 15 is 0 Å². The molecule has 190 valence electrons. The number of fused-ring (bicyclic) bond motifs is 4. The summed E-state index contributed by atoms with van der Waals surface area (Å²) in [4.78, 5) is 39.6. The van der Waals surface area contributed by atoms with Crippen molar-refractivity contribution >= 4 is 23.7 Å².